The number of unbranched alkanes of at least 4 members (excludes halogenated alkanes) is 50. The van der Waals surface area contributed by atoms with Crippen LogP contribution in [0.4, 0.5) is 0 Å². The number of allylic oxidation sites excluding steroid dienone is 9. The van der Waals surface area contributed by atoms with Crippen molar-refractivity contribution in [1.29, 1.82) is 0 Å². The van der Waals surface area contributed by atoms with Gasteiger partial charge in [0.1, 0.15) is 19.3 Å². The molecule has 0 aliphatic rings. The first-order valence-corrected chi connectivity index (χ1v) is 41.6. The Bertz CT molecular complexity index is 1760. The molecule has 0 aromatic carbocycles. The van der Waals surface area contributed by atoms with E-state index in [2.05, 4.69) is 74.7 Å². The fourth-order valence-electron chi connectivity index (χ4n) is 12.0. The summed E-state index contributed by atoms with van der Waals surface area (Å²) in [5, 5.41) is 3.06. The van der Waals surface area contributed by atoms with E-state index in [4.69, 9.17) is 13.8 Å². The Kier molecular flexibility index (Phi) is 69.7. The zero-order valence-corrected chi connectivity index (χ0v) is 62.9. The number of ether oxygens (including phenoxy) is 1. The van der Waals surface area contributed by atoms with Crippen LogP contribution in [0.3, 0.4) is 0 Å². The smallest absolute Gasteiger partial charge is 0.306 e. The van der Waals surface area contributed by atoms with Crippen LogP contribution < -0.4 is 10.2 Å². The van der Waals surface area contributed by atoms with E-state index >= 15 is 0 Å². The fraction of sp³-hybridized carbons (Fsp3) is 0.854. The molecule has 0 aliphatic carbocycles. The molecule has 3 atom stereocenters. The van der Waals surface area contributed by atoms with E-state index in [0.717, 1.165) is 70.6 Å². The summed E-state index contributed by atoms with van der Waals surface area (Å²) >= 11 is 0. The van der Waals surface area contributed by atoms with Crippen molar-refractivity contribution in [2.24, 2.45) is 0 Å². The normalized spacial score (nSPS) is 13.7. The highest BCUT2D eigenvalue weighted by Gasteiger charge is 2.27. The maximum atomic E-state index is 13.7. The summed E-state index contributed by atoms with van der Waals surface area (Å²) in [6.07, 6.45) is 93.7. The number of carbonyl (C=O) groups is 2. The van der Waals surface area contributed by atoms with Gasteiger partial charge in [-0.15, -0.1) is 0 Å². The van der Waals surface area contributed by atoms with Crippen molar-refractivity contribution in [1.82, 2.24) is 5.32 Å². The van der Waals surface area contributed by atoms with Crippen LogP contribution in [0.5, 0.6) is 0 Å². The second-order valence-corrected chi connectivity index (χ2v) is 30.0. The van der Waals surface area contributed by atoms with E-state index in [1.165, 1.54) is 295 Å². The van der Waals surface area contributed by atoms with Crippen molar-refractivity contribution < 1.29 is 37.3 Å². The third-order valence-electron chi connectivity index (χ3n) is 18.2. The molecule has 9 nitrogen and oxygen atoms in total. The maximum Gasteiger partial charge on any atom is 0.306 e. The highest BCUT2D eigenvalue weighted by Crippen LogP contribution is 2.38. The van der Waals surface area contributed by atoms with Crippen molar-refractivity contribution in [3.8, 4) is 0 Å². The summed E-state index contributed by atoms with van der Waals surface area (Å²) in [5.74, 6) is -0.522. The van der Waals surface area contributed by atoms with E-state index < -0.39 is 20.0 Å². The summed E-state index contributed by atoms with van der Waals surface area (Å²) in [7, 11) is 1.20. The van der Waals surface area contributed by atoms with Gasteiger partial charge in [-0.25, -0.2) is 0 Å². The number of hydrogen-bond acceptors (Lipinski definition) is 7. The largest absolute Gasteiger partial charge is 0.756 e. The molecular weight excluding hydrogens is 1160 g/mol. The number of hydrogen-bond donors (Lipinski definition) is 1. The molecule has 0 spiro atoms. The summed E-state index contributed by atoms with van der Waals surface area (Å²) in [6, 6.07) is -0.889. The number of rotatable bonds is 74. The van der Waals surface area contributed by atoms with Gasteiger partial charge in [0, 0.05) is 12.8 Å². The molecule has 0 aromatic heterocycles. The van der Waals surface area contributed by atoms with Crippen LogP contribution in [-0.4, -0.2) is 69.4 Å². The molecule has 3 unspecified atom stereocenters. The lowest BCUT2D eigenvalue weighted by Gasteiger charge is -2.30. The second kappa shape index (κ2) is 71.5. The Morgan fingerprint density at radius 2 is 0.663 bits per heavy atom. The third-order valence-corrected chi connectivity index (χ3v) is 19.1. The van der Waals surface area contributed by atoms with Gasteiger partial charge in [0.25, 0.3) is 7.82 Å². The quantitative estimate of drug-likeness (QED) is 0.0212. The van der Waals surface area contributed by atoms with Crippen LogP contribution in [0, 0.1) is 0 Å². The standard InChI is InChI=1S/C82H155N2O7P/c1-7-10-13-16-19-22-25-28-30-32-34-36-38-40-42-44-46-48-50-52-54-56-59-62-65-68-71-74-81(85)83-79(78-90-92(87,88)89-77-76-84(4,5)6)80(73-70-67-64-61-58-27-24-21-18-15-12-9-3)91-82(86)75-72-69-66-63-60-57-55-53-51-49-47-45-43-41-39-37-35-33-31-29-26-23-20-17-14-11-8-2/h19,22,28-31,34,36,70,73,79-80H,7-18,20-21,23-27,32-33,35,37-69,71-72,74-78H2,1-6H3,(H-,83,85,87,88)/b22-19-,30-28-,31-29+,36-34-,73-70+. The Morgan fingerprint density at radius 1 is 0.380 bits per heavy atom. The van der Waals surface area contributed by atoms with Gasteiger partial charge in [-0.05, 0) is 96.0 Å². The molecule has 92 heavy (non-hydrogen) atoms. The van der Waals surface area contributed by atoms with Crippen LogP contribution in [0.15, 0.2) is 60.8 Å². The van der Waals surface area contributed by atoms with Gasteiger partial charge in [-0.3, -0.25) is 14.2 Å². The highest BCUT2D eigenvalue weighted by atomic mass is 31.2. The molecule has 0 heterocycles. The lowest BCUT2D eigenvalue weighted by atomic mass is 10.0. The van der Waals surface area contributed by atoms with Gasteiger partial charge in [0.05, 0.1) is 33.8 Å². The van der Waals surface area contributed by atoms with Crippen LogP contribution in [0.25, 0.3) is 0 Å². The zero-order chi connectivity index (χ0) is 67.0. The fourth-order valence-corrected chi connectivity index (χ4v) is 12.7. The van der Waals surface area contributed by atoms with Crippen LogP contribution in [-0.2, 0) is 27.9 Å². The summed E-state index contributed by atoms with van der Waals surface area (Å²) < 4.78 is 30.6. The van der Waals surface area contributed by atoms with E-state index in [1.54, 1.807) is 0 Å². The van der Waals surface area contributed by atoms with Crippen LogP contribution in [0.2, 0.25) is 0 Å². The molecule has 1 amide bonds. The predicted molar refractivity (Wildman–Crippen MR) is 399 cm³/mol. The average Bonchev–Trinajstić information content (AvgIpc) is 3.69. The molecule has 0 radical (unpaired) electrons. The first-order chi connectivity index (χ1) is 44.9. The maximum absolute atomic E-state index is 13.7. The van der Waals surface area contributed by atoms with Crippen molar-refractivity contribution in [2.75, 3.05) is 40.9 Å². The van der Waals surface area contributed by atoms with Crippen LogP contribution in [0.1, 0.15) is 400 Å². The molecule has 540 valence electrons. The number of likely N-dealkylation sites (N-methyl/N-ethyl adjacent to an activating group) is 1. The van der Waals surface area contributed by atoms with Crippen LogP contribution >= 0.6 is 7.82 Å². The van der Waals surface area contributed by atoms with Gasteiger partial charge < -0.3 is 28.5 Å². The molecule has 0 saturated heterocycles. The number of quaternary nitrogens is 1. The molecule has 0 aliphatic heterocycles. The summed E-state index contributed by atoms with van der Waals surface area (Å²) in [4.78, 5) is 40.3. The van der Waals surface area contributed by atoms with Crippen molar-refractivity contribution in [2.45, 2.75) is 412 Å². The van der Waals surface area contributed by atoms with Gasteiger partial charge >= 0.3 is 5.97 Å². The number of amides is 1. The lowest BCUT2D eigenvalue weighted by molar-refractivity contribution is -0.870. The predicted octanol–water partition coefficient (Wildman–Crippen LogP) is 25.4. The molecular formula is C82H155N2O7P. The number of phosphoric acid groups is 1. The van der Waals surface area contributed by atoms with Gasteiger partial charge in [0.2, 0.25) is 5.91 Å². The number of phosphoric ester groups is 1. The third kappa shape index (κ3) is 72.0. The Balaban J connectivity index is 4.89. The SMILES string of the molecule is CCCCC/C=C\C/C=C\C/C=C\CCCCCCCCCCCCCCCCC(=O)NC(COP(=O)([O-])OCC[N+](C)(C)C)C(/C=C/CCCCCCCCCCCC)OC(=O)CCCCCCCCCCCCCCCCCCC/C=C/CCCCCCCC. The van der Waals surface area contributed by atoms with Gasteiger partial charge in [0.15, 0.2) is 0 Å². The van der Waals surface area contributed by atoms with Gasteiger partial charge in [-0.1, -0.05) is 352 Å². The molecule has 1 N–H and O–H groups in total. The van der Waals surface area contributed by atoms with E-state index in [-0.39, 0.29) is 31.5 Å². The van der Waals surface area contributed by atoms with E-state index in [1.807, 2.05) is 33.3 Å². The van der Waals surface area contributed by atoms with Gasteiger partial charge in [-0.2, -0.15) is 0 Å². The second-order valence-electron chi connectivity index (χ2n) is 28.6. The van der Waals surface area contributed by atoms with Crippen molar-refractivity contribution in [3.63, 3.8) is 0 Å². The minimum absolute atomic E-state index is 0.0210. The Labute approximate surface area is 572 Å². The number of nitrogens with zero attached hydrogens (tertiary/aromatic N) is 1. The lowest BCUT2D eigenvalue weighted by Crippen LogP contribution is -2.47. The summed E-state index contributed by atoms with van der Waals surface area (Å²) in [5.41, 5.74) is 0. The molecule has 0 bridgehead atoms. The molecule has 0 aromatic rings. The summed E-state index contributed by atoms with van der Waals surface area (Å²) in [6.45, 7) is 6.87. The molecule has 0 saturated carbocycles. The first-order valence-electron chi connectivity index (χ1n) is 40.1. The number of nitrogens with one attached hydrogen (secondary N) is 1. The van der Waals surface area contributed by atoms with Crippen molar-refractivity contribution >= 4 is 19.7 Å². The number of esters is 1. The van der Waals surface area contributed by atoms with E-state index in [9.17, 15) is 19.0 Å². The molecule has 0 rings (SSSR count). The number of carbonyl (C=O) groups excluding carboxylic acids is 2. The zero-order valence-electron chi connectivity index (χ0n) is 62.0. The minimum Gasteiger partial charge on any atom is -0.756 e. The minimum atomic E-state index is -4.71. The topological polar surface area (TPSA) is 114 Å². The van der Waals surface area contributed by atoms with Crippen molar-refractivity contribution in [3.05, 3.63) is 60.8 Å². The Morgan fingerprint density at radius 3 is 1.02 bits per heavy atom. The Hall–Kier alpha value is -2.29. The average molecular weight is 1310 g/mol. The molecule has 0 fully saturated rings. The molecule has 10 heteroatoms. The van der Waals surface area contributed by atoms with E-state index in [0.29, 0.717) is 17.4 Å². The first kappa shape index (κ1) is 89.7. The highest BCUT2D eigenvalue weighted by molar-refractivity contribution is 7.45. The monoisotopic (exact) mass is 1310 g/mol.